The third-order valence-corrected chi connectivity index (χ3v) is 10.7. The predicted octanol–water partition coefficient (Wildman–Crippen LogP) is 10.1. The SMILES string of the molecule is CCCN1/C(=C/C=C2\CCCC(/C=C/C3=[N+](CCC)c4ccccc4C3(C)C)=C2n2cc(-c3cccc(O)c3)nn2)C(C)(C)c2ccccc21. The molecule has 0 spiro atoms. The summed E-state index contributed by atoms with van der Waals surface area (Å²) < 4.78 is 4.47. The molecular formula is C44H50N5O+. The maximum atomic E-state index is 10.2. The third-order valence-electron chi connectivity index (χ3n) is 10.7. The number of phenolic OH excluding ortho intramolecular Hbond substituents is 1. The number of fused-ring (bicyclic) bond motifs is 2. The lowest BCUT2D eigenvalue weighted by Gasteiger charge is -2.27. The summed E-state index contributed by atoms with van der Waals surface area (Å²) in [6.45, 7) is 15.8. The van der Waals surface area contributed by atoms with Crippen molar-refractivity contribution in [2.24, 2.45) is 0 Å². The van der Waals surface area contributed by atoms with Gasteiger partial charge in [-0.15, -0.1) is 5.10 Å². The van der Waals surface area contributed by atoms with Gasteiger partial charge in [-0.2, -0.15) is 4.58 Å². The standard InChI is InChI=1S/C44H49N5O/c1-7-27-47-38-21-11-9-19-35(38)43(3,4)40(47)25-23-31-15-13-16-32(42(31)49-30-37(45-46-49)33-17-14-18-34(50)29-33)24-26-41-44(5,6)36-20-10-12-22-39(36)48(41)28-8-2/h9-12,14,17-26,29-30H,7-8,13,15-16,27-28H2,1-6H3/p+1. The van der Waals surface area contributed by atoms with E-state index in [1.54, 1.807) is 12.1 Å². The molecule has 0 radical (unpaired) electrons. The van der Waals surface area contributed by atoms with E-state index >= 15 is 0 Å². The van der Waals surface area contributed by atoms with Crippen LogP contribution in [0, 0.1) is 0 Å². The molecule has 0 unspecified atom stereocenters. The van der Waals surface area contributed by atoms with Crippen LogP contribution in [0.15, 0.2) is 120 Å². The first-order chi connectivity index (χ1) is 24.1. The van der Waals surface area contributed by atoms with Gasteiger partial charge in [0, 0.05) is 53.0 Å². The first-order valence-corrected chi connectivity index (χ1v) is 18.3. The van der Waals surface area contributed by atoms with Crippen LogP contribution in [0.5, 0.6) is 5.75 Å². The van der Waals surface area contributed by atoms with Crippen molar-refractivity contribution in [3.8, 4) is 17.0 Å². The topological polar surface area (TPSA) is 57.2 Å². The molecule has 0 saturated carbocycles. The molecule has 256 valence electrons. The van der Waals surface area contributed by atoms with Gasteiger partial charge in [-0.1, -0.05) is 93.6 Å². The van der Waals surface area contributed by atoms with E-state index in [2.05, 4.69) is 129 Å². The number of benzene rings is 3. The van der Waals surface area contributed by atoms with Crippen molar-refractivity contribution in [1.29, 1.82) is 0 Å². The first kappa shape index (κ1) is 33.5. The second-order valence-electron chi connectivity index (χ2n) is 14.9. The van der Waals surface area contributed by atoms with E-state index in [-0.39, 0.29) is 16.6 Å². The Labute approximate surface area is 297 Å². The van der Waals surface area contributed by atoms with Crippen molar-refractivity contribution < 1.29 is 9.68 Å². The Morgan fingerprint density at radius 1 is 0.840 bits per heavy atom. The molecule has 6 nitrogen and oxygen atoms in total. The van der Waals surface area contributed by atoms with E-state index in [0.29, 0.717) is 0 Å². The molecule has 1 aromatic heterocycles. The van der Waals surface area contributed by atoms with Gasteiger partial charge in [0.1, 0.15) is 18.0 Å². The molecule has 0 fully saturated rings. The number of anilines is 1. The van der Waals surface area contributed by atoms with Gasteiger partial charge in [0.25, 0.3) is 0 Å². The largest absolute Gasteiger partial charge is 0.508 e. The minimum absolute atomic E-state index is 0.109. The molecule has 0 saturated heterocycles. The summed E-state index contributed by atoms with van der Waals surface area (Å²) in [5.41, 5.74) is 13.0. The quantitative estimate of drug-likeness (QED) is 0.181. The van der Waals surface area contributed by atoms with Crippen LogP contribution in [0.4, 0.5) is 11.4 Å². The van der Waals surface area contributed by atoms with Crippen molar-refractivity contribution in [3.05, 3.63) is 131 Å². The molecule has 1 aliphatic carbocycles. The molecule has 0 bridgehead atoms. The molecule has 4 aromatic rings. The zero-order chi connectivity index (χ0) is 35.0. The fourth-order valence-electron chi connectivity index (χ4n) is 8.27. The highest BCUT2D eigenvalue weighted by Gasteiger charge is 2.44. The molecule has 0 amide bonds. The zero-order valence-corrected chi connectivity index (χ0v) is 30.4. The summed E-state index contributed by atoms with van der Waals surface area (Å²) in [6.07, 6.45) is 16.5. The Morgan fingerprint density at radius 2 is 1.62 bits per heavy atom. The fraction of sp³-hybridized carbons (Fsp3) is 0.341. The predicted molar refractivity (Wildman–Crippen MR) is 206 cm³/mol. The van der Waals surface area contributed by atoms with Crippen LogP contribution < -0.4 is 4.90 Å². The molecular weight excluding hydrogens is 615 g/mol. The summed E-state index contributed by atoms with van der Waals surface area (Å²) in [4.78, 5) is 2.51. The molecule has 50 heavy (non-hydrogen) atoms. The van der Waals surface area contributed by atoms with Gasteiger partial charge in [0.2, 0.25) is 5.69 Å². The van der Waals surface area contributed by atoms with E-state index in [1.165, 1.54) is 45.1 Å². The lowest BCUT2D eigenvalue weighted by molar-refractivity contribution is -0.437. The number of para-hydroxylation sites is 2. The summed E-state index contributed by atoms with van der Waals surface area (Å²) in [6, 6.07) is 24.9. The highest BCUT2D eigenvalue weighted by atomic mass is 16.3. The Kier molecular flexibility index (Phi) is 8.98. The molecule has 0 atom stereocenters. The third kappa shape index (κ3) is 5.85. The minimum Gasteiger partial charge on any atom is -0.508 e. The molecule has 1 N–H and O–H groups in total. The Bertz CT molecular complexity index is 2090. The number of aromatic nitrogens is 3. The number of phenols is 1. The molecule has 3 heterocycles. The van der Waals surface area contributed by atoms with E-state index in [0.717, 1.165) is 62.1 Å². The highest BCUT2D eigenvalue weighted by molar-refractivity contribution is 6.03. The van der Waals surface area contributed by atoms with Gasteiger partial charge in [0.15, 0.2) is 5.71 Å². The van der Waals surface area contributed by atoms with E-state index < -0.39 is 0 Å². The molecule has 3 aromatic carbocycles. The van der Waals surface area contributed by atoms with Crippen molar-refractivity contribution in [3.63, 3.8) is 0 Å². The van der Waals surface area contributed by atoms with Gasteiger partial charge in [-0.05, 0) is 80.5 Å². The Morgan fingerprint density at radius 3 is 2.40 bits per heavy atom. The lowest BCUT2D eigenvalue weighted by Crippen LogP contribution is -2.28. The number of allylic oxidation sites excluding steroid dienone is 8. The van der Waals surface area contributed by atoms with Crippen LogP contribution in [0.1, 0.15) is 84.8 Å². The number of hydrogen-bond acceptors (Lipinski definition) is 4. The van der Waals surface area contributed by atoms with Gasteiger partial charge >= 0.3 is 0 Å². The van der Waals surface area contributed by atoms with Gasteiger partial charge in [-0.25, -0.2) is 4.68 Å². The van der Waals surface area contributed by atoms with E-state index in [1.807, 2.05) is 23.0 Å². The van der Waals surface area contributed by atoms with Crippen LogP contribution in [0.3, 0.4) is 0 Å². The molecule has 2 aliphatic heterocycles. The maximum Gasteiger partial charge on any atom is 0.209 e. The van der Waals surface area contributed by atoms with Gasteiger partial charge in [0.05, 0.1) is 17.3 Å². The van der Waals surface area contributed by atoms with Gasteiger partial charge < -0.3 is 10.0 Å². The van der Waals surface area contributed by atoms with Crippen molar-refractivity contribution in [2.75, 3.05) is 18.0 Å². The molecule has 3 aliphatic rings. The number of aromatic hydroxyl groups is 1. The summed E-state index contributed by atoms with van der Waals surface area (Å²) in [7, 11) is 0. The Balaban J connectivity index is 1.36. The van der Waals surface area contributed by atoms with Crippen molar-refractivity contribution in [1.82, 2.24) is 15.0 Å². The summed E-state index contributed by atoms with van der Waals surface area (Å²) >= 11 is 0. The number of nitrogens with zero attached hydrogens (tertiary/aromatic N) is 5. The lowest BCUT2D eigenvalue weighted by atomic mass is 9.81. The normalized spacial score (nSPS) is 19.7. The maximum absolute atomic E-state index is 10.2. The van der Waals surface area contributed by atoms with Crippen LogP contribution in [0.25, 0.3) is 17.0 Å². The highest BCUT2D eigenvalue weighted by Crippen LogP contribution is 2.48. The van der Waals surface area contributed by atoms with E-state index in [4.69, 9.17) is 5.21 Å². The van der Waals surface area contributed by atoms with E-state index in [9.17, 15) is 5.11 Å². The van der Waals surface area contributed by atoms with Gasteiger partial charge in [-0.3, -0.25) is 0 Å². The summed E-state index contributed by atoms with van der Waals surface area (Å²) in [5.74, 6) is 0.218. The minimum atomic E-state index is -0.109. The van der Waals surface area contributed by atoms with Crippen molar-refractivity contribution >= 4 is 22.8 Å². The average Bonchev–Trinajstić information content (AvgIpc) is 3.74. The Hall–Kier alpha value is -4.97. The van der Waals surface area contributed by atoms with Crippen LogP contribution in [-0.4, -0.2) is 43.5 Å². The second-order valence-corrected chi connectivity index (χ2v) is 14.9. The second kappa shape index (κ2) is 13.4. The van der Waals surface area contributed by atoms with Crippen LogP contribution in [-0.2, 0) is 10.8 Å². The summed E-state index contributed by atoms with van der Waals surface area (Å²) in [5, 5.41) is 19.5. The number of rotatable bonds is 9. The number of hydrogen-bond donors (Lipinski definition) is 1. The van der Waals surface area contributed by atoms with Crippen LogP contribution >= 0.6 is 0 Å². The van der Waals surface area contributed by atoms with Crippen LogP contribution in [0.2, 0.25) is 0 Å². The molecule has 7 rings (SSSR count). The fourth-order valence-corrected chi connectivity index (χ4v) is 8.27. The smallest absolute Gasteiger partial charge is 0.209 e. The molecule has 6 heteroatoms. The average molecular weight is 665 g/mol. The first-order valence-electron chi connectivity index (χ1n) is 18.3. The van der Waals surface area contributed by atoms with Crippen molar-refractivity contribution in [2.45, 2.75) is 84.5 Å². The zero-order valence-electron chi connectivity index (χ0n) is 30.4. The monoisotopic (exact) mass is 664 g/mol.